The summed E-state index contributed by atoms with van der Waals surface area (Å²) in [6, 6.07) is 22.6. The highest BCUT2D eigenvalue weighted by Gasteiger charge is 2.35. The molecule has 1 aliphatic rings. The van der Waals surface area contributed by atoms with Gasteiger partial charge in [0.25, 0.3) is 5.91 Å². The molecule has 0 aliphatic carbocycles. The molecule has 1 N–H and O–H groups in total. The lowest BCUT2D eigenvalue weighted by Gasteiger charge is -2.11. The van der Waals surface area contributed by atoms with Crippen molar-refractivity contribution in [3.05, 3.63) is 106 Å². The molecule has 1 aromatic heterocycles. The van der Waals surface area contributed by atoms with Gasteiger partial charge in [-0.05, 0) is 42.8 Å². The normalized spacial score (nSPS) is 15.1. The van der Waals surface area contributed by atoms with E-state index in [-0.39, 0.29) is 5.70 Å². The topological polar surface area (TPSA) is 54.3 Å². The monoisotopic (exact) mass is 441 g/mol. The Hall–Kier alpha value is -3.83. The van der Waals surface area contributed by atoms with Gasteiger partial charge in [-0.2, -0.15) is 0 Å². The fraction of sp³-hybridized carbons (Fsp3) is 0.0769. The third-order valence-electron chi connectivity index (χ3n) is 5.50. The van der Waals surface area contributed by atoms with Crippen LogP contribution in [0.3, 0.4) is 0 Å². The zero-order valence-corrected chi connectivity index (χ0v) is 18.1. The number of rotatable bonds is 4. The van der Waals surface area contributed by atoms with Crippen LogP contribution in [0.4, 0.5) is 10.5 Å². The summed E-state index contributed by atoms with van der Waals surface area (Å²) in [6.45, 7) is 2.79. The van der Waals surface area contributed by atoms with Gasteiger partial charge in [-0.1, -0.05) is 65.7 Å². The van der Waals surface area contributed by atoms with Crippen LogP contribution in [0.5, 0.6) is 0 Å². The average Bonchev–Trinajstić information content (AvgIpc) is 3.25. The maximum atomic E-state index is 13.0. The van der Waals surface area contributed by atoms with E-state index >= 15 is 0 Å². The molecule has 1 aliphatic heterocycles. The third-order valence-corrected chi connectivity index (χ3v) is 5.73. The van der Waals surface area contributed by atoms with Crippen molar-refractivity contribution in [3.63, 3.8) is 0 Å². The van der Waals surface area contributed by atoms with E-state index in [1.807, 2.05) is 24.4 Å². The maximum Gasteiger partial charge on any atom is 0.333 e. The molecule has 0 bridgehead atoms. The number of nitrogens with one attached hydrogen (secondary N) is 1. The minimum absolute atomic E-state index is 0.230. The van der Waals surface area contributed by atoms with Crippen LogP contribution in [0.15, 0.2) is 84.7 Å². The van der Waals surface area contributed by atoms with Crippen LogP contribution in [0.25, 0.3) is 17.0 Å². The Labute approximate surface area is 190 Å². The summed E-state index contributed by atoms with van der Waals surface area (Å²) >= 11 is 6.04. The molecule has 1 saturated heterocycles. The second-order valence-corrected chi connectivity index (χ2v) is 8.26. The number of halogens is 1. The van der Waals surface area contributed by atoms with E-state index in [0.717, 1.165) is 21.4 Å². The minimum Gasteiger partial charge on any atom is -0.342 e. The van der Waals surface area contributed by atoms with Crippen molar-refractivity contribution in [3.8, 4) is 0 Å². The van der Waals surface area contributed by atoms with Crippen molar-refractivity contribution in [1.82, 2.24) is 9.88 Å². The molecule has 0 unspecified atom stereocenters. The summed E-state index contributed by atoms with van der Waals surface area (Å²) in [4.78, 5) is 26.7. The Kier molecular flexibility index (Phi) is 5.04. The van der Waals surface area contributed by atoms with E-state index in [1.54, 1.807) is 30.3 Å². The van der Waals surface area contributed by atoms with Gasteiger partial charge >= 0.3 is 6.03 Å². The number of amides is 3. The van der Waals surface area contributed by atoms with Crippen molar-refractivity contribution in [2.45, 2.75) is 13.5 Å². The van der Waals surface area contributed by atoms with Gasteiger partial charge in [0.15, 0.2) is 0 Å². The number of anilines is 1. The summed E-state index contributed by atoms with van der Waals surface area (Å²) in [5, 5.41) is 4.17. The predicted octanol–water partition coefficient (Wildman–Crippen LogP) is 5.75. The molecule has 6 heteroatoms. The number of urea groups is 1. The first-order valence-corrected chi connectivity index (χ1v) is 10.6. The van der Waals surface area contributed by atoms with Crippen LogP contribution in [0.1, 0.15) is 16.7 Å². The lowest BCUT2D eigenvalue weighted by atomic mass is 10.1. The molecule has 0 saturated carbocycles. The molecule has 3 aromatic carbocycles. The van der Waals surface area contributed by atoms with Crippen LogP contribution >= 0.6 is 11.6 Å². The number of imide groups is 1. The molecule has 2 heterocycles. The number of hydrogen-bond donors (Lipinski definition) is 1. The molecular weight excluding hydrogens is 422 g/mol. The number of fused-ring (bicyclic) bond motifs is 1. The van der Waals surface area contributed by atoms with Crippen molar-refractivity contribution in [1.29, 1.82) is 0 Å². The SMILES string of the molecule is Cc1cccc(Cn2cc(/C=C3/NC(=O)N(c4cccc(Cl)c4)C3=O)c3ccccc32)c1. The van der Waals surface area contributed by atoms with Crippen LogP contribution in [0, 0.1) is 6.92 Å². The lowest BCUT2D eigenvalue weighted by Crippen LogP contribution is -2.30. The zero-order valence-electron chi connectivity index (χ0n) is 17.4. The van der Waals surface area contributed by atoms with E-state index in [9.17, 15) is 9.59 Å². The Morgan fingerprint density at radius 2 is 1.78 bits per heavy atom. The van der Waals surface area contributed by atoms with Crippen molar-refractivity contribution < 1.29 is 9.59 Å². The average molecular weight is 442 g/mol. The predicted molar refractivity (Wildman–Crippen MR) is 128 cm³/mol. The standard InChI is InChI=1S/C26H20ClN3O2/c1-17-6-4-7-18(12-17)15-29-16-19(22-10-2-3-11-24(22)29)13-23-25(31)30(26(32)28-23)21-9-5-8-20(27)14-21/h2-14,16H,15H2,1H3,(H,28,32)/b23-13+. The summed E-state index contributed by atoms with van der Waals surface area (Å²) in [6.07, 6.45) is 3.75. The molecular formula is C26H20ClN3O2. The van der Waals surface area contributed by atoms with Crippen LogP contribution in [-0.4, -0.2) is 16.5 Å². The molecule has 32 heavy (non-hydrogen) atoms. The van der Waals surface area contributed by atoms with E-state index < -0.39 is 11.9 Å². The first-order chi connectivity index (χ1) is 15.5. The van der Waals surface area contributed by atoms with Gasteiger partial charge in [-0.15, -0.1) is 0 Å². The number of benzene rings is 3. The largest absolute Gasteiger partial charge is 0.342 e. The summed E-state index contributed by atoms with van der Waals surface area (Å²) < 4.78 is 2.16. The van der Waals surface area contributed by atoms with E-state index in [4.69, 9.17) is 11.6 Å². The molecule has 5 nitrogen and oxygen atoms in total. The summed E-state index contributed by atoms with van der Waals surface area (Å²) in [5.74, 6) is -0.409. The van der Waals surface area contributed by atoms with E-state index in [2.05, 4.69) is 47.1 Å². The number of para-hydroxylation sites is 1. The van der Waals surface area contributed by atoms with Gasteiger partial charge in [-0.25, -0.2) is 9.69 Å². The minimum atomic E-state index is -0.494. The number of nitrogens with zero attached hydrogens (tertiary/aromatic N) is 2. The van der Waals surface area contributed by atoms with E-state index in [0.29, 0.717) is 17.3 Å². The Morgan fingerprint density at radius 3 is 2.59 bits per heavy atom. The number of aryl methyl sites for hydroxylation is 1. The third kappa shape index (κ3) is 3.67. The van der Waals surface area contributed by atoms with E-state index in [1.165, 1.54) is 11.1 Å². The van der Waals surface area contributed by atoms with Crippen LogP contribution in [0.2, 0.25) is 5.02 Å². The van der Waals surface area contributed by atoms with Crippen LogP contribution in [-0.2, 0) is 11.3 Å². The van der Waals surface area contributed by atoms with Gasteiger partial charge in [0.2, 0.25) is 0 Å². The Balaban J connectivity index is 1.53. The van der Waals surface area contributed by atoms with Gasteiger partial charge < -0.3 is 9.88 Å². The van der Waals surface area contributed by atoms with Gasteiger partial charge in [0, 0.05) is 34.2 Å². The number of carbonyl (C=O) groups excluding carboxylic acids is 2. The van der Waals surface area contributed by atoms with Crippen LogP contribution < -0.4 is 10.2 Å². The number of hydrogen-bond acceptors (Lipinski definition) is 2. The fourth-order valence-electron chi connectivity index (χ4n) is 4.07. The summed E-state index contributed by atoms with van der Waals surface area (Å²) in [7, 11) is 0. The molecule has 5 rings (SSSR count). The van der Waals surface area contributed by atoms with Gasteiger partial charge in [0.1, 0.15) is 5.70 Å². The Morgan fingerprint density at radius 1 is 0.969 bits per heavy atom. The Bertz CT molecular complexity index is 1400. The van der Waals surface area contributed by atoms with Crippen molar-refractivity contribution >= 4 is 46.2 Å². The molecule has 4 aromatic rings. The molecule has 3 amide bonds. The highest BCUT2D eigenvalue weighted by molar-refractivity contribution is 6.32. The molecule has 0 atom stereocenters. The maximum absolute atomic E-state index is 13.0. The smallest absolute Gasteiger partial charge is 0.333 e. The highest BCUT2D eigenvalue weighted by atomic mass is 35.5. The highest BCUT2D eigenvalue weighted by Crippen LogP contribution is 2.28. The van der Waals surface area contributed by atoms with Crippen molar-refractivity contribution in [2.24, 2.45) is 0 Å². The summed E-state index contributed by atoms with van der Waals surface area (Å²) in [5.41, 5.74) is 5.00. The van der Waals surface area contributed by atoms with Gasteiger partial charge in [0.05, 0.1) is 5.69 Å². The fourth-order valence-corrected chi connectivity index (χ4v) is 4.25. The zero-order chi connectivity index (χ0) is 22.2. The lowest BCUT2D eigenvalue weighted by molar-refractivity contribution is -0.113. The second-order valence-electron chi connectivity index (χ2n) is 7.83. The number of carbonyl (C=O) groups is 2. The van der Waals surface area contributed by atoms with Crippen molar-refractivity contribution in [2.75, 3.05) is 4.90 Å². The van der Waals surface area contributed by atoms with Gasteiger partial charge in [-0.3, -0.25) is 4.79 Å². The molecule has 0 spiro atoms. The first-order valence-electron chi connectivity index (χ1n) is 10.3. The molecule has 1 fully saturated rings. The quantitative estimate of drug-likeness (QED) is 0.324. The second kappa shape index (κ2) is 8.02. The first kappa shape index (κ1) is 20.1. The molecule has 0 radical (unpaired) electrons. The molecule has 158 valence electrons. The number of aromatic nitrogens is 1.